The van der Waals surface area contributed by atoms with Crippen LogP contribution < -0.4 is 4.74 Å². The monoisotopic (exact) mass is 275 g/mol. The number of benzene rings is 1. The SMILES string of the molecule is O=C(C1CCCO1)N1CCCC1COc1ccccc1. The summed E-state index contributed by atoms with van der Waals surface area (Å²) in [5.41, 5.74) is 0. The molecule has 1 aromatic rings. The molecular weight excluding hydrogens is 254 g/mol. The summed E-state index contributed by atoms with van der Waals surface area (Å²) in [5, 5.41) is 0. The fraction of sp³-hybridized carbons (Fsp3) is 0.562. The van der Waals surface area contributed by atoms with Crippen LogP contribution in [0.3, 0.4) is 0 Å². The van der Waals surface area contributed by atoms with Crippen molar-refractivity contribution in [1.29, 1.82) is 0 Å². The van der Waals surface area contributed by atoms with E-state index in [4.69, 9.17) is 9.47 Å². The molecular formula is C16H21NO3. The minimum absolute atomic E-state index is 0.154. The summed E-state index contributed by atoms with van der Waals surface area (Å²) in [7, 11) is 0. The standard InChI is InChI=1S/C16H21NO3/c18-16(15-9-5-11-19-15)17-10-4-6-13(17)12-20-14-7-2-1-3-8-14/h1-3,7-8,13,15H,4-6,9-12H2. The maximum atomic E-state index is 12.4. The van der Waals surface area contributed by atoms with E-state index in [2.05, 4.69) is 0 Å². The van der Waals surface area contributed by atoms with E-state index in [1.54, 1.807) is 0 Å². The minimum Gasteiger partial charge on any atom is -0.491 e. The van der Waals surface area contributed by atoms with Gasteiger partial charge in [0, 0.05) is 13.2 Å². The largest absolute Gasteiger partial charge is 0.491 e. The average Bonchev–Trinajstić information content (AvgIpc) is 3.17. The van der Waals surface area contributed by atoms with Crippen molar-refractivity contribution in [3.05, 3.63) is 30.3 Å². The van der Waals surface area contributed by atoms with Gasteiger partial charge in [0.1, 0.15) is 18.5 Å². The van der Waals surface area contributed by atoms with Crippen molar-refractivity contribution >= 4 is 5.91 Å². The topological polar surface area (TPSA) is 38.8 Å². The Labute approximate surface area is 119 Å². The summed E-state index contributed by atoms with van der Waals surface area (Å²) >= 11 is 0. The predicted octanol–water partition coefficient (Wildman–Crippen LogP) is 2.24. The molecule has 2 fully saturated rings. The lowest BCUT2D eigenvalue weighted by molar-refractivity contribution is -0.142. The number of hydrogen-bond donors (Lipinski definition) is 0. The Kier molecular flexibility index (Phi) is 4.21. The zero-order valence-electron chi connectivity index (χ0n) is 11.7. The van der Waals surface area contributed by atoms with E-state index < -0.39 is 0 Å². The van der Waals surface area contributed by atoms with Crippen molar-refractivity contribution < 1.29 is 14.3 Å². The highest BCUT2D eigenvalue weighted by Gasteiger charge is 2.35. The van der Waals surface area contributed by atoms with Gasteiger partial charge in [-0.3, -0.25) is 4.79 Å². The molecule has 4 nitrogen and oxygen atoms in total. The third kappa shape index (κ3) is 2.96. The number of rotatable bonds is 4. The van der Waals surface area contributed by atoms with Crippen LogP contribution in [0.4, 0.5) is 0 Å². The third-order valence-electron chi connectivity index (χ3n) is 4.05. The van der Waals surface area contributed by atoms with Gasteiger partial charge >= 0.3 is 0 Å². The van der Waals surface area contributed by atoms with E-state index >= 15 is 0 Å². The highest BCUT2D eigenvalue weighted by Crippen LogP contribution is 2.23. The van der Waals surface area contributed by atoms with Crippen molar-refractivity contribution in [3.63, 3.8) is 0 Å². The number of ether oxygens (including phenoxy) is 2. The predicted molar refractivity (Wildman–Crippen MR) is 75.6 cm³/mol. The first kappa shape index (κ1) is 13.4. The molecule has 1 amide bonds. The van der Waals surface area contributed by atoms with Gasteiger partial charge in [-0.2, -0.15) is 0 Å². The molecule has 0 aliphatic carbocycles. The molecule has 4 heteroatoms. The van der Waals surface area contributed by atoms with Crippen LogP contribution in [0.5, 0.6) is 5.75 Å². The van der Waals surface area contributed by atoms with E-state index in [-0.39, 0.29) is 18.1 Å². The Hall–Kier alpha value is -1.55. The van der Waals surface area contributed by atoms with Crippen LogP contribution in [0.1, 0.15) is 25.7 Å². The highest BCUT2D eigenvalue weighted by molar-refractivity contribution is 5.81. The second-order valence-corrected chi connectivity index (χ2v) is 5.45. The van der Waals surface area contributed by atoms with Gasteiger partial charge in [-0.05, 0) is 37.8 Å². The Bertz CT molecular complexity index is 442. The number of amides is 1. The second kappa shape index (κ2) is 6.27. The molecule has 0 spiro atoms. The van der Waals surface area contributed by atoms with Crippen LogP contribution >= 0.6 is 0 Å². The van der Waals surface area contributed by atoms with Crippen molar-refractivity contribution in [3.8, 4) is 5.75 Å². The quantitative estimate of drug-likeness (QED) is 0.846. The van der Waals surface area contributed by atoms with Crippen molar-refractivity contribution in [2.24, 2.45) is 0 Å². The first-order chi connectivity index (χ1) is 9.84. The number of carbonyl (C=O) groups excluding carboxylic acids is 1. The van der Waals surface area contributed by atoms with Gasteiger partial charge < -0.3 is 14.4 Å². The number of carbonyl (C=O) groups is 1. The Morgan fingerprint density at radius 2 is 2.10 bits per heavy atom. The van der Waals surface area contributed by atoms with E-state index in [1.807, 2.05) is 35.2 Å². The maximum Gasteiger partial charge on any atom is 0.252 e. The summed E-state index contributed by atoms with van der Waals surface area (Å²) in [5.74, 6) is 1.02. The molecule has 3 rings (SSSR count). The number of likely N-dealkylation sites (tertiary alicyclic amines) is 1. The molecule has 0 radical (unpaired) electrons. The van der Waals surface area contributed by atoms with E-state index in [0.717, 1.165) is 44.6 Å². The van der Waals surface area contributed by atoms with E-state index in [0.29, 0.717) is 6.61 Å². The summed E-state index contributed by atoms with van der Waals surface area (Å²) in [6.07, 6.45) is 3.72. The van der Waals surface area contributed by atoms with E-state index in [9.17, 15) is 4.79 Å². The first-order valence-electron chi connectivity index (χ1n) is 7.44. The molecule has 2 unspecified atom stereocenters. The molecule has 2 saturated heterocycles. The van der Waals surface area contributed by atoms with Gasteiger partial charge in [-0.15, -0.1) is 0 Å². The van der Waals surface area contributed by atoms with Gasteiger partial charge in [-0.25, -0.2) is 0 Å². The molecule has 2 aliphatic rings. The van der Waals surface area contributed by atoms with Crippen LogP contribution in [0, 0.1) is 0 Å². The Balaban J connectivity index is 1.56. The lowest BCUT2D eigenvalue weighted by atomic mass is 10.2. The fourth-order valence-electron chi connectivity index (χ4n) is 2.97. The summed E-state index contributed by atoms with van der Waals surface area (Å²) in [4.78, 5) is 14.4. The van der Waals surface area contributed by atoms with E-state index in [1.165, 1.54) is 0 Å². The van der Waals surface area contributed by atoms with Crippen molar-refractivity contribution in [2.45, 2.75) is 37.8 Å². The molecule has 1 aromatic carbocycles. The zero-order valence-corrected chi connectivity index (χ0v) is 11.7. The average molecular weight is 275 g/mol. The van der Waals surface area contributed by atoms with Gasteiger partial charge in [-0.1, -0.05) is 18.2 Å². The lowest BCUT2D eigenvalue weighted by Crippen LogP contribution is -2.44. The van der Waals surface area contributed by atoms with Gasteiger partial charge in [0.25, 0.3) is 5.91 Å². The third-order valence-corrected chi connectivity index (χ3v) is 4.05. The number of para-hydroxylation sites is 1. The van der Waals surface area contributed by atoms with Crippen LogP contribution in [-0.4, -0.2) is 42.7 Å². The summed E-state index contributed by atoms with van der Waals surface area (Å²) < 4.78 is 11.3. The van der Waals surface area contributed by atoms with Crippen LogP contribution in [0.15, 0.2) is 30.3 Å². The number of hydrogen-bond acceptors (Lipinski definition) is 3. The summed E-state index contributed by atoms with van der Waals surface area (Å²) in [6, 6.07) is 9.96. The lowest BCUT2D eigenvalue weighted by Gasteiger charge is -2.27. The fourth-order valence-corrected chi connectivity index (χ4v) is 2.97. The normalized spacial score (nSPS) is 25.9. The molecule has 2 heterocycles. The van der Waals surface area contributed by atoms with Gasteiger partial charge in [0.15, 0.2) is 0 Å². The van der Waals surface area contributed by atoms with Crippen molar-refractivity contribution in [1.82, 2.24) is 4.90 Å². The molecule has 0 bridgehead atoms. The maximum absolute atomic E-state index is 12.4. The molecule has 0 saturated carbocycles. The smallest absolute Gasteiger partial charge is 0.252 e. The van der Waals surface area contributed by atoms with Crippen LogP contribution in [0.25, 0.3) is 0 Å². The molecule has 108 valence electrons. The highest BCUT2D eigenvalue weighted by atomic mass is 16.5. The molecule has 0 aromatic heterocycles. The first-order valence-corrected chi connectivity index (χ1v) is 7.44. The Morgan fingerprint density at radius 1 is 1.25 bits per heavy atom. The number of nitrogens with zero attached hydrogens (tertiary/aromatic N) is 1. The molecule has 20 heavy (non-hydrogen) atoms. The van der Waals surface area contributed by atoms with Crippen LogP contribution in [-0.2, 0) is 9.53 Å². The van der Waals surface area contributed by atoms with Gasteiger partial charge in [0.2, 0.25) is 0 Å². The zero-order chi connectivity index (χ0) is 13.8. The van der Waals surface area contributed by atoms with Gasteiger partial charge in [0.05, 0.1) is 6.04 Å². The Morgan fingerprint density at radius 3 is 2.85 bits per heavy atom. The molecule has 0 N–H and O–H groups in total. The van der Waals surface area contributed by atoms with Crippen LogP contribution in [0.2, 0.25) is 0 Å². The second-order valence-electron chi connectivity index (χ2n) is 5.45. The molecule has 2 atom stereocenters. The minimum atomic E-state index is -0.215. The summed E-state index contributed by atoms with van der Waals surface area (Å²) in [6.45, 7) is 2.12. The van der Waals surface area contributed by atoms with Crippen molar-refractivity contribution in [2.75, 3.05) is 19.8 Å². The molecule has 2 aliphatic heterocycles.